The molecule has 2 aromatic carbocycles. The fourth-order valence-electron chi connectivity index (χ4n) is 4.51. The van der Waals surface area contributed by atoms with Crippen LogP contribution in [0, 0.1) is 45.9 Å². The summed E-state index contributed by atoms with van der Waals surface area (Å²) in [5.74, 6) is 1.03. The van der Waals surface area contributed by atoms with Gasteiger partial charge < -0.3 is 14.5 Å². The number of rotatable bonds is 9. The van der Waals surface area contributed by atoms with E-state index in [-0.39, 0.29) is 28.5 Å². The number of carbonyl (C=O) groups is 2. The molecular formula is C31H38N6O7S2. The first-order valence-corrected chi connectivity index (χ1v) is 16.3. The van der Waals surface area contributed by atoms with Gasteiger partial charge in [-0.15, -0.1) is 0 Å². The molecule has 0 spiro atoms. The van der Waals surface area contributed by atoms with E-state index in [1.165, 1.54) is 43.1 Å². The molecule has 0 amide bonds. The van der Waals surface area contributed by atoms with Crippen LogP contribution in [-0.2, 0) is 14.3 Å². The normalized spacial score (nSPS) is 18.1. The Morgan fingerprint density at radius 2 is 1.46 bits per heavy atom. The molecule has 2 saturated heterocycles. The molecule has 1 atom stereocenters. The van der Waals surface area contributed by atoms with Gasteiger partial charge in [0.1, 0.15) is 6.04 Å². The number of non-ortho nitro benzene ring substituents is 2. The summed E-state index contributed by atoms with van der Waals surface area (Å²) >= 11 is 2.54. The van der Waals surface area contributed by atoms with Crippen LogP contribution in [0.25, 0.3) is 0 Å². The van der Waals surface area contributed by atoms with E-state index in [0.717, 1.165) is 22.5 Å². The topological polar surface area (TPSA) is 161 Å². The van der Waals surface area contributed by atoms with Gasteiger partial charge in [0.25, 0.3) is 11.4 Å². The number of benzene rings is 2. The molecular weight excluding hydrogens is 633 g/mol. The number of nitrogens with zero attached hydrogens (tertiary/aromatic N) is 6. The zero-order valence-corrected chi connectivity index (χ0v) is 28.5. The number of nitro benzene ring substituents is 2. The van der Waals surface area contributed by atoms with Crippen LogP contribution in [0.3, 0.4) is 0 Å². The van der Waals surface area contributed by atoms with Crippen LogP contribution >= 0.6 is 23.5 Å². The van der Waals surface area contributed by atoms with Gasteiger partial charge in [0, 0.05) is 43.1 Å². The minimum Gasteiger partial charge on any atom is -0.467 e. The van der Waals surface area contributed by atoms with E-state index in [9.17, 15) is 29.8 Å². The lowest BCUT2D eigenvalue weighted by molar-refractivity contribution is -0.385. The van der Waals surface area contributed by atoms with E-state index in [0.29, 0.717) is 58.5 Å². The highest BCUT2D eigenvalue weighted by molar-refractivity contribution is 8.27. The van der Waals surface area contributed by atoms with Gasteiger partial charge in [-0.1, -0.05) is 46.0 Å². The van der Waals surface area contributed by atoms with Crippen molar-refractivity contribution in [2.75, 3.05) is 26.0 Å². The zero-order valence-electron chi connectivity index (χ0n) is 26.9. The van der Waals surface area contributed by atoms with Crippen molar-refractivity contribution in [2.45, 2.75) is 47.6 Å². The number of carbonyl (C=O) groups excluding carboxylic acids is 2. The minimum atomic E-state index is -0.440. The number of aryl methyl sites for hydroxylation is 2. The van der Waals surface area contributed by atoms with Crippen molar-refractivity contribution < 1.29 is 24.2 Å². The Labute approximate surface area is 276 Å². The van der Waals surface area contributed by atoms with Crippen molar-refractivity contribution in [1.82, 2.24) is 9.80 Å². The van der Waals surface area contributed by atoms with E-state index in [4.69, 9.17) is 4.74 Å². The standard InChI is InChI=1S/C16H21N3O4S.C15H17N3O3S/c1-10(2)8-18-14(15(20)23-4)9-24-16(18)17-13-6-5-12(19(21)22)7-11(13)3;1-9(2)8-17-11(4)14(19)22-15(17)16-13-6-5-12(18(20)21)7-10(13)3/h5-7,10,14H,8-9H2,1-4H3;5-7,9H,4,8H2,1-3H3/t14-;/m1./s1. The number of ether oxygens (including phenoxy) is 1. The monoisotopic (exact) mass is 670 g/mol. The van der Waals surface area contributed by atoms with Gasteiger partial charge in [-0.05, 0) is 60.7 Å². The summed E-state index contributed by atoms with van der Waals surface area (Å²) in [6.45, 7) is 17.0. The highest BCUT2D eigenvalue weighted by Gasteiger charge is 2.36. The first kappa shape index (κ1) is 36.2. The number of methoxy groups -OCH3 is 1. The lowest BCUT2D eigenvalue weighted by Gasteiger charge is -2.25. The summed E-state index contributed by atoms with van der Waals surface area (Å²) in [6, 6.07) is 8.72. The number of esters is 1. The summed E-state index contributed by atoms with van der Waals surface area (Å²) in [5, 5.41) is 22.8. The summed E-state index contributed by atoms with van der Waals surface area (Å²) in [4.78, 5) is 57.5. The Morgan fingerprint density at radius 3 is 1.89 bits per heavy atom. The number of hydrogen-bond acceptors (Lipinski definition) is 11. The van der Waals surface area contributed by atoms with Crippen molar-refractivity contribution in [3.05, 3.63) is 80.0 Å². The van der Waals surface area contributed by atoms with Gasteiger partial charge in [0.2, 0.25) is 5.12 Å². The maximum absolute atomic E-state index is 12.0. The van der Waals surface area contributed by atoms with Gasteiger partial charge >= 0.3 is 5.97 Å². The van der Waals surface area contributed by atoms with Crippen LogP contribution in [0.15, 0.2) is 58.7 Å². The minimum absolute atomic E-state index is 0.0278. The second-order valence-electron chi connectivity index (χ2n) is 11.5. The van der Waals surface area contributed by atoms with Gasteiger partial charge in [-0.25, -0.2) is 14.8 Å². The highest BCUT2D eigenvalue weighted by Crippen LogP contribution is 2.33. The molecule has 15 heteroatoms. The largest absolute Gasteiger partial charge is 0.467 e. The van der Waals surface area contributed by atoms with Crippen LogP contribution in [0.5, 0.6) is 0 Å². The first-order chi connectivity index (χ1) is 21.6. The second kappa shape index (κ2) is 15.9. The smallest absolute Gasteiger partial charge is 0.329 e. The van der Waals surface area contributed by atoms with Gasteiger partial charge in [0.05, 0.1) is 34.0 Å². The molecule has 46 heavy (non-hydrogen) atoms. The second-order valence-corrected chi connectivity index (χ2v) is 13.4. The summed E-state index contributed by atoms with van der Waals surface area (Å²) in [5.41, 5.74) is 3.20. The molecule has 0 N–H and O–H groups in total. The van der Waals surface area contributed by atoms with E-state index in [1.54, 1.807) is 30.9 Å². The third-order valence-electron chi connectivity index (χ3n) is 6.77. The predicted molar refractivity (Wildman–Crippen MR) is 183 cm³/mol. The average molecular weight is 671 g/mol. The molecule has 13 nitrogen and oxygen atoms in total. The molecule has 4 rings (SSSR count). The third-order valence-corrected chi connectivity index (χ3v) is 8.75. The fraction of sp³-hybridized carbons (Fsp3) is 0.419. The molecule has 0 saturated carbocycles. The maximum atomic E-state index is 12.0. The SMILES string of the molecule is C=C1C(=O)SC(=Nc2ccc([N+](=O)[O-])cc2C)N1CC(C)C.COC(=O)[C@H]1CSC(=Nc2ccc([N+](=O)[O-])cc2C)N1CC(C)C. The average Bonchev–Trinajstić information content (AvgIpc) is 3.49. The third kappa shape index (κ3) is 9.16. The Morgan fingerprint density at radius 1 is 0.957 bits per heavy atom. The van der Waals surface area contributed by atoms with Gasteiger partial charge in [-0.2, -0.15) is 0 Å². The molecule has 2 heterocycles. The highest BCUT2D eigenvalue weighted by atomic mass is 32.2. The number of hydrogen-bond donors (Lipinski definition) is 0. The molecule has 0 radical (unpaired) electrons. The van der Waals surface area contributed by atoms with Crippen LogP contribution in [-0.4, -0.2) is 73.1 Å². The Hall–Kier alpha value is -4.24. The van der Waals surface area contributed by atoms with E-state index in [1.807, 2.05) is 4.90 Å². The number of nitro groups is 2. The van der Waals surface area contributed by atoms with Crippen LogP contribution < -0.4 is 0 Å². The Bertz CT molecular complexity index is 1590. The molecule has 2 aliphatic rings. The van der Waals surface area contributed by atoms with Crippen LogP contribution in [0.1, 0.15) is 38.8 Å². The van der Waals surface area contributed by atoms with E-state index >= 15 is 0 Å². The van der Waals surface area contributed by atoms with Crippen LogP contribution in [0.4, 0.5) is 22.7 Å². The molecule has 0 bridgehead atoms. The van der Waals surface area contributed by atoms with Crippen molar-refractivity contribution in [1.29, 1.82) is 0 Å². The predicted octanol–water partition coefficient (Wildman–Crippen LogP) is 6.77. The number of thioether (sulfide) groups is 2. The van der Waals surface area contributed by atoms with E-state index < -0.39 is 9.85 Å². The fourth-order valence-corrected chi connectivity index (χ4v) is 6.49. The summed E-state index contributed by atoms with van der Waals surface area (Å²) in [6.07, 6.45) is 0. The number of amidine groups is 2. The lowest BCUT2D eigenvalue weighted by Crippen LogP contribution is -2.42. The first-order valence-electron chi connectivity index (χ1n) is 14.5. The quantitative estimate of drug-likeness (QED) is 0.120. The Kier molecular flexibility index (Phi) is 12.5. The van der Waals surface area contributed by atoms with Crippen molar-refractivity contribution in [2.24, 2.45) is 21.8 Å². The van der Waals surface area contributed by atoms with Gasteiger partial charge in [0.15, 0.2) is 10.3 Å². The molecule has 2 aromatic rings. The summed E-state index contributed by atoms with van der Waals surface area (Å²) < 4.78 is 4.89. The zero-order chi connectivity index (χ0) is 34.3. The van der Waals surface area contributed by atoms with E-state index in [2.05, 4.69) is 44.3 Å². The Balaban J connectivity index is 0.000000251. The molecule has 2 aliphatic heterocycles. The number of aliphatic imine (C=N–C) groups is 2. The molecule has 246 valence electrons. The molecule has 0 aliphatic carbocycles. The van der Waals surface area contributed by atoms with Crippen molar-refractivity contribution >= 4 is 67.7 Å². The maximum Gasteiger partial charge on any atom is 0.329 e. The molecule has 2 fully saturated rings. The van der Waals surface area contributed by atoms with Crippen molar-refractivity contribution in [3.63, 3.8) is 0 Å². The lowest BCUT2D eigenvalue weighted by atomic mass is 10.2. The van der Waals surface area contributed by atoms with Gasteiger partial charge in [-0.3, -0.25) is 25.0 Å². The summed E-state index contributed by atoms with van der Waals surface area (Å²) in [7, 11) is 1.39. The molecule has 0 unspecified atom stereocenters. The van der Waals surface area contributed by atoms with Crippen molar-refractivity contribution in [3.8, 4) is 0 Å². The van der Waals surface area contributed by atoms with Crippen LogP contribution in [0.2, 0.25) is 0 Å². The molecule has 0 aromatic heterocycles.